The summed E-state index contributed by atoms with van der Waals surface area (Å²) in [4.78, 5) is 19.1. The molecule has 0 unspecified atom stereocenters. The molecule has 0 saturated carbocycles. The first kappa shape index (κ1) is 16.3. The number of carbonyl (C=O) groups excluding carboxylic acids is 1. The molecule has 1 aromatic heterocycles. The second-order valence-electron chi connectivity index (χ2n) is 6.23. The molecule has 0 spiro atoms. The van der Waals surface area contributed by atoms with E-state index in [4.69, 9.17) is 4.98 Å². The number of hydrogen-bond acceptors (Lipinski definition) is 4. The Hall–Kier alpha value is -2.61. The van der Waals surface area contributed by atoms with Crippen LogP contribution in [0.3, 0.4) is 0 Å². The maximum atomic E-state index is 12.3. The summed E-state index contributed by atoms with van der Waals surface area (Å²) in [6.07, 6.45) is 2.81. The van der Waals surface area contributed by atoms with Gasteiger partial charge in [0.25, 0.3) is 0 Å². The third-order valence-electron chi connectivity index (χ3n) is 4.49. The lowest BCUT2D eigenvalue weighted by Crippen LogP contribution is -2.43. The second-order valence-corrected chi connectivity index (χ2v) is 6.23. The molecule has 1 aromatic carbocycles. The fraction of sp³-hybridized carbons (Fsp3) is 0.421. The van der Waals surface area contributed by atoms with Crippen molar-refractivity contribution in [3.05, 3.63) is 35.9 Å². The summed E-state index contributed by atoms with van der Waals surface area (Å²) >= 11 is 0. The molecule has 5 nitrogen and oxygen atoms in total. The van der Waals surface area contributed by atoms with Gasteiger partial charge in [0.05, 0.1) is 23.1 Å². The monoisotopic (exact) mass is 322 g/mol. The summed E-state index contributed by atoms with van der Waals surface area (Å²) in [7, 11) is 0. The van der Waals surface area contributed by atoms with Crippen LogP contribution in [0.5, 0.6) is 0 Å². The highest BCUT2D eigenvalue weighted by Gasteiger charge is 2.26. The molecule has 0 radical (unpaired) electrons. The highest BCUT2D eigenvalue weighted by atomic mass is 16.1. The number of carbonyl (C=O) groups is 1. The van der Waals surface area contributed by atoms with Gasteiger partial charge in [0.2, 0.25) is 5.91 Å². The van der Waals surface area contributed by atoms with E-state index in [0.29, 0.717) is 12.1 Å². The smallest absolute Gasteiger partial charge is 0.224 e. The number of nitrogens with one attached hydrogen (secondary N) is 1. The van der Waals surface area contributed by atoms with Crippen molar-refractivity contribution in [3.8, 4) is 6.07 Å². The topological polar surface area (TPSA) is 69.0 Å². The molecule has 5 heteroatoms. The van der Waals surface area contributed by atoms with E-state index in [1.165, 1.54) is 0 Å². The van der Waals surface area contributed by atoms with Gasteiger partial charge in [0, 0.05) is 25.0 Å². The minimum atomic E-state index is -0.0101. The average molecular weight is 322 g/mol. The van der Waals surface area contributed by atoms with Gasteiger partial charge in [-0.05, 0) is 31.4 Å². The minimum Gasteiger partial charge on any atom is -0.356 e. The van der Waals surface area contributed by atoms with Crippen molar-refractivity contribution in [1.82, 2.24) is 10.3 Å². The normalized spacial score (nSPS) is 17.5. The Morgan fingerprint density at radius 1 is 1.46 bits per heavy atom. The van der Waals surface area contributed by atoms with Crippen LogP contribution in [0.25, 0.3) is 10.9 Å². The average Bonchev–Trinajstić information content (AvgIpc) is 2.65. The second kappa shape index (κ2) is 7.31. The molecule has 0 aliphatic carbocycles. The highest BCUT2D eigenvalue weighted by molar-refractivity contribution is 5.86. The molecule has 1 atom stereocenters. The van der Waals surface area contributed by atoms with E-state index < -0.39 is 0 Å². The molecule has 2 heterocycles. The van der Waals surface area contributed by atoms with Crippen molar-refractivity contribution in [2.24, 2.45) is 5.92 Å². The number of rotatable bonds is 4. The largest absolute Gasteiger partial charge is 0.356 e. The zero-order chi connectivity index (χ0) is 16.9. The van der Waals surface area contributed by atoms with E-state index >= 15 is 0 Å². The Labute approximate surface area is 142 Å². The van der Waals surface area contributed by atoms with E-state index in [1.54, 1.807) is 0 Å². The van der Waals surface area contributed by atoms with Crippen LogP contribution in [0.2, 0.25) is 0 Å². The fourth-order valence-corrected chi connectivity index (χ4v) is 3.21. The molecular formula is C19H22N4O. The number of benzene rings is 1. The van der Waals surface area contributed by atoms with Crippen LogP contribution in [0.4, 0.5) is 5.82 Å². The first-order valence-electron chi connectivity index (χ1n) is 8.55. The van der Waals surface area contributed by atoms with Crippen LogP contribution in [0.1, 0.15) is 31.7 Å². The lowest BCUT2D eigenvalue weighted by Gasteiger charge is -2.33. The van der Waals surface area contributed by atoms with Crippen molar-refractivity contribution in [2.45, 2.75) is 26.2 Å². The van der Waals surface area contributed by atoms with Gasteiger partial charge >= 0.3 is 0 Å². The standard InChI is InChI=1S/C19H22N4O/c1-2-9-21-19(24)14-6-5-10-23(13-14)18-11-15(12-20)16-7-3-4-8-17(16)22-18/h3-4,7-8,11,14H,2,5-6,9-10,13H2,1H3,(H,21,24)/t14-/m1/s1. The van der Waals surface area contributed by atoms with Gasteiger partial charge in [-0.3, -0.25) is 4.79 Å². The molecule has 1 fully saturated rings. The van der Waals surface area contributed by atoms with Crippen LogP contribution in [-0.2, 0) is 4.79 Å². The molecule has 24 heavy (non-hydrogen) atoms. The zero-order valence-electron chi connectivity index (χ0n) is 14.0. The van der Waals surface area contributed by atoms with Gasteiger partial charge in [-0.1, -0.05) is 25.1 Å². The lowest BCUT2D eigenvalue weighted by molar-refractivity contribution is -0.125. The number of hydrogen-bond donors (Lipinski definition) is 1. The van der Waals surface area contributed by atoms with E-state index in [1.807, 2.05) is 30.3 Å². The molecule has 1 N–H and O–H groups in total. The number of nitriles is 1. The highest BCUT2D eigenvalue weighted by Crippen LogP contribution is 2.26. The van der Waals surface area contributed by atoms with Gasteiger partial charge in [0.15, 0.2) is 0 Å². The lowest BCUT2D eigenvalue weighted by atomic mass is 9.97. The summed E-state index contributed by atoms with van der Waals surface area (Å²) in [5.74, 6) is 0.908. The SMILES string of the molecule is CCCNC(=O)[C@@H]1CCCN(c2cc(C#N)c3ccccc3n2)C1. The molecule has 2 aromatic rings. The number of para-hydroxylation sites is 1. The molecule has 1 amide bonds. The van der Waals surface area contributed by atoms with Crippen LogP contribution < -0.4 is 10.2 Å². The van der Waals surface area contributed by atoms with Gasteiger partial charge in [-0.25, -0.2) is 4.98 Å². The van der Waals surface area contributed by atoms with E-state index in [0.717, 1.165) is 49.1 Å². The number of fused-ring (bicyclic) bond motifs is 1. The Balaban J connectivity index is 1.84. The number of pyridine rings is 1. The molecule has 124 valence electrons. The molecular weight excluding hydrogens is 300 g/mol. The van der Waals surface area contributed by atoms with Crippen molar-refractivity contribution in [3.63, 3.8) is 0 Å². The van der Waals surface area contributed by atoms with Gasteiger partial charge in [-0.15, -0.1) is 0 Å². The maximum Gasteiger partial charge on any atom is 0.224 e. The number of amides is 1. The molecule has 1 saturated heterocycles. The maximum absolute atomic E-state index is 12.3. The molecule has 1 aliphatic heterocycles. The van der Waals surface area contributed by atoms with Crippen LogP contribution >= 0.6 is 0 Å². The first-order valence-corrected chi connectivity index (χ1v) is 8.55. The summed E-state index contributed by atoms with van der Waals surface area (Å²) < 4.78 is 0. The molecule has 1 aliphatic rings. The van der Waals surface area contributed by atoms with E-state index in [2.05, 4.69) is 23.2 Å². The van der Waals surface area contributed by atoms with Gasteiger partial charge in [-0.2, -0.15) is 5.26 Å². The predicted molar refractivity (Wildman–Crippen MR) is 94.7 cm³/mol. The quantitative estimate of drug-likeness (QED) is 0.940. The summed E-state index contributed by atoms with van der Waals surface area (Å²) in [5, 5.41) is 13.3. The van der Waals surface area contributed by atoms with Crippen LogP contribution in [0.15, 0.2) is 30.3 Å². The van der Waals surface area contributed by atoms with Crippen molar-refractivity contribution >= 4 is 22.6 Å². The van der Waals surface area contributed by atoms with Crippen molar-refractivity contribution < 1.29 is 4.79 Å². The molecule has 0 bridgehead atoms. The summed E-state index contributed by atoms with van der Waals surface area (Å²) in [6, 6.07) is 11.8. The van der Waals surface area contributed by atoms with Crippen LogP contribution in [-0.4, -0.2) is 30.5 Å². The Kier molecular flexibility index (Phi) is 4.95. The van der Waals surface area contributed by atoms with Gasteiger partial charge in [0.1, 0.15) is 5.82 Å². The minimum absolute atomic E-state index is 0.0101. The van der Waals surface area contributed by atoms with Crippen molar-refractivity contribution in [1.29, 1.82) is 5.26 Å². The van der Waals surface area contributed by atoms with E-state index in [9.17, 15) is 10.1 Å². The number of nitrogens with zero attached hydrogens (tertiary/aromatic N) is 3. The molecule has 3 rings (SSSR count). The van der Waals surface area contributed by atoms with Crippen LogP contribution in [0, 0.1) is 17.2 Å². The summed E-state index contributed by atoms with van der Waals surface area (Å²) in [5.41, 5.74) is 1.46. The van der Waals surface area contributed by atoms with Crippen molar-refractivity contribution in [2.75, 3.05) is 24.5 Å². The Morgan fingerprint density at radius 2 is 2.29 bits per heavy atom. The number of aromatic nitrogens is 1. The summed E-state index contributed by atoms with van der Waals surface area (Å²) in [6.45, 7) is 4.30. The van der Waals surface area contributed by atoms with Gasteiger partial charge < -0.3 is 10.2 Å². The third kappa shape index (κ3) is 3.33. The number of piperidine rings is 1. The Bertz CT molecular complexity index is 781. The fourth-order valence-electron chi connectivity index (χ4n) is 3.21. The van der Waals surface area contributed by atoms with E-state index in [-0.39, 0.29) is 11.8 Å². The number of anilines is 1. The Morgan fingerprint density at radius 3 is 3.08 bits per heavy atom. The zero-order valence-corrected chi connectivity index (χ0v) is 14.0. The predicted octanol–water partition coefficient (Wildman–Crippen LogP) is 2.85. The first-order chi connectivity index (χ1) is 11.7. The third-order valence-corrected chi connectivity index (χ3v) is 4.49.